The van der Waals surface area contributed by atoms with Crippen LogP contribution in [0, 0.1) is 13.8 Å². The highest BCUT2D eigenvalue weighted by atomic mass is 32.2. The van der Waals surface area contributed by atoms with Gasteiger partial charge in [-0.2, -0.15) is 0 Å². The maximum absolute atomic E-state index is 12.3. The van der Waals surface area contributed by atoms with Gasteiger partial charge < -0.3 is 15.0 Å². The van der Waals surface area contributed by atoms with E-state index in [1.807, 2.05) is 38.1 Å². The number of aryl methyl sites for hydroxylation is 4. The predicted molar refractivity (Wildman–Crippen MR) is 122 cm³/mol. The van der Waals surface area contributed by atoms with Gasteiger partial charge in [-0.15, -0.1) is 11.8 Å². The predicted octanol–water partition coefficient (Wildman–Crippen LogP) is 3.52. The van der Waals surface area contributed by atoms with Crippen molar-refractivity contribution in [2.24, 2.45) is 0 Å². The van der Waals surface area contributed by atoms with Gasteiger partial charge in [-0.1, -0.05) is 24.3 Å². The highest BCUT2D eigenvalue weighted by molar-refractivity contribution is 8.00. The molecule has 1 aliphatic carbocycles. The summed E-state index contributed by atoms with van der Waals surface area (Å²) in [6, 6.07) is 12.0. The van der Waals surface area contributed by atoms with Crippen LogP contribution in [-0.4, -0.2) is 48.6 Å². The van der Waals surface area contributed by atoms with Crippen LogP contribution in [0.3, 0.4) is 0 Å². The van der Waals surface area contributed by atoms with Crippen LogP contribution in [0.5, 0.6) is 0 Å². The lowest BCUT2D eigenvalue weighted by molar-refractivity contribution is -0.149. The number of anilines is 1. The van der Waals surface area contributed by atoms with Crippen molar-refractivity contribution in [1.82, 2.24) is 4.90 Å². The number of likely N-dealkylation sites (N-methyl/N-ethyl adjacent to an activating group) is 1. The zero-order chi connectivity index (χ0) is 22.4. The minimum absolute atomic E-state index is 0.117. The first-order valence-electron chi connectivity index (χ1n) is 10.3. The molecule has 6 nitrogen and oxygen atoms in total. The second-order valence-corrected chi connectivity index (χ2v) is 8.85. The summed E-state index contributed by atoms with van der Waals surface area (Å²) in [5.74, 6) is -1.03. The third-order valence-corrected chi connectivity index (χ3v) is 6.30. The average molecular weight is 441 g/mol. The molecule has 0 heterocycles. The van der Waals surface area contributed by atoms with E-state index >= 15 is 0 Å². The Labute approximate surface area is 187 Å². The summed E-state index contributed by atoms with van der Waals surface area (Å²) in [6.07, 6.45) is 3.40. The summed E-state index contributed by atoms with van der Waals surface area (Å²) in [4.78, 5) is 38.8. The molecule has 164 valence electrons. The molecule has 0 aromatic heterocycles. The van der Waals surface area contributed by atoms with Gasteiger partial charge in [0.25, 0.3) is 5.91 Å². The Kier molecular flexibility index (Phi) is 7.74. The lowest BCUT2D eigenvalue weighted by Gasteiger charge is -2.18. The van der Waals surface area contributed by atoms with Gasteiger partial charge in [0.15, 0.2) is 6.61 Å². The van der Waals surface area contributed by atoms with Gasteiger partial charge in [-0.05, 0) is 67.5 Å². The third kappa shape index (κ3) is 6.34. The largest absolute Gasteiger partial charge is 0.455 e. The number of hydrogen-bond donors (Lipinski definition) is 1. The topological polar surface area (TPSA) is 75.7 Å². The van der Waals surface area contributed by atoms with E-state index in [4.69, 9.17) is 4.74 Å². The molecule has 7 heteroatoms. The van der Waals surface area contributed by atoms with Crippen LogP contribution < -0.4 is 5.32 Å². The molecule has 0 spiro atoms. The van der Waals surface area contributed by atoms with Gasteiger partial charge in [0, 0.05) is 17.6 Å². The highest BCUT2D eigenvalue weighted by Gasteiger charge is 2.17. The number of ether oxygens (including phenoxy) is 1. The SMILES string of the molecule is Cc1cccc(C)c1NC(=O)CN(C)C(=O)COC(=O)CSc1ccc2c(c1)CCC2. The number of rotatable bonds is 8. The van der Waals surface area contributed by atoms with E-state index in [2.05, 4.69) is 17.4 Å². The van der Waals surface area contributed by atoms with Crippen LogP contribution in [0.2, 0.25) is 0 Å². The van der Waals surface area contributed by atoms with Crippen molar-refractivity contribution in [3.8, 4) is 0 Å². The van der Waals surface area contributed by atoms with Crippen LogP contribution in [-0.2, 0) is 32.0 Å². The number of benzene rings is 2. The summed E-state index contributed by atoms with van der Waals surface area (Å²) in [5, 5.41) is 2.84. The number of carbonyl (C=O) groups is 3. The first-order chi connectivity index (χ1) is 14.8. The van der Waals surface area contributed by atoms with Crippen LogP contribution in [0.1, 0.15) is 28.7 Å². The molecule has 0 saturated heterocycles. The summed E-state index contributed by atoms with van der Waals surface area (Å²) < 4.78 is 5.09. The minimum Gasteiger partial charge on any atom is -0.455 e. The summed E-state index contributed by atoms with van der Waals surface area (Å²) in [6.45, 7) is 3.33. The number of fused-ring (bicyclic) bond motifs is 1. The monoisotopic (exact) mass is 440 g/mol. The lowest BCUT2D eigenvalue weighted by Crippen LogP contribution is -2.37. The fourth-order valence-corrected chi connectivity index (χ4v) is 4.33. The lowest BCUT2D eigenvalue weighted by atomic mass is 10.1. The van der Waals surface area contributed by atoms with Crippen molar-refractivity contribution in [2.75, 3.05) is 31.3 Å². The molecule has 1 N–H and O–H groups in total. The van der Waals surface area contributed by atoms with Gasteiger partial charge >= 0.3 is 5.97 Å². The first kappa shape index (κ1) is 22.9. The standard InChI is InChI=1S/C24H28N2O4S/c1-16-6-4-7-17(2)24(16)25-21(27)13-26(3)22(28)14-30-23(29)15-31-20-11-10-18-8-5-9-19(18)12-20/h4,6-7,10-12H,5,8-9,13-15H2,1-3H3,(H,25,27). The second-order valence-electron chi connectivity index (χ2n) is 7.80. The van der Waals surface area contributed by atoms with Gasteiger partial charge in [-0.3, -0.25) is 14.4 Å². The van der Waals surface area contributed by atoms with Crippen molar-refractivity contribution in [3.05, 3.63) is 58.7 Å². The second kappa shape index (κ2) is 10.5. The molecular weight excluding hydrogens is 412 g/mol. The smallest absolute Gasteiger partial charge is 0.316 e. The Hall–Kier alpha value is -2.80. The molecule has 0 radical (unpaired) electrons. The molecule has 2 aromatic carbocycles. The Balaban J connectivity index is 1.40. The van der Waals surface area contributed by atoms with Crippen LogP contribution in [0.15, 0.2) is 41.3 Å². The Morgan fingerprint density at radius 3 is 2.52 bits per heavy atom. The minimum atomic E-state index is -0.452. The van der Waals surface area contributed by atoms with Crippen molar-refractivity contribution >= 4 is 35.2 Å². The molecule has 0 atom stereocenters. The third-order valence-electron chi connectivity index (χ3n) is 5.34. The maximum atomic E-state index is 12.3. The zero-order valence-electron chi connectivity index (χ0n) is 18.2. The molecule has 0 fully saturated rings. The first-order valence-corrected chi connectivity index (χ1v) is 11.3. The molecule has 0 saturated carbocycles. The normalized spacial score (nSPS) is 12.2. The quantitative estimate of drug-likeness (QED) is 0.502. The number of thioether (sulfide) groups is 1. The summed E-state index contributed by atoms with van der Waals surface area (Å²) in [7, 11) is 1.51. The van der Waals surface area contributed by atoms with Gasteiger partial charge in [0.2, 0.25) is 5.91 Å². The molecule has 2 amide bonds. The van der Waals surface area contributed by atoms with E-state index in [9.17, 15) is 14.4 Å². The van der Waals surface area contributed by atoms with Gasteiger partial charge in [0.05, 0.1) is 12.3 Å². The van der Waals surface area contributed by atoms with Crippen molar-refractivity contribution < 1.29 is 19.1 Å². The van der Waals surface area contributed by atoms with E-state index in [0.29, 0.717) is 0 Å². The average Bonchev–Trinajstić information content (AvgIpc) is 3.21. The molecule has 0 unspecified atom stereocenters. The maximum Gasteiger partial charge on any atom is 0.316 e. The number of carbonyl (C=O) groups excluding carboxylic acids is 3. The summed E-state index contributed by atoms with van der Waals surface area (Å²) in [5.41, 5.74) is 5.41. The van der Waals surface area contributed by atoms with E-state index in [1.54, 1.807) is 0 Å². The number of nitrogens with one attached hydrogen (secondary N) is 1. The fourth-order valence-electron chi connectivity index (χ4n) is 3.57. The van der Waals surface area contributed by atoms with Gasteiger partial charge in [0.1, 0.15) is 0 Å². The number of amides is 2. The van der Waals surface area contributed by atoms with Crippen molar-refractivity contribution in [2.45, 2.75) is 38.0 Å². The van der Waals surface area contributed by atoms with Crippen molar-refractivity contribution in [1.29, 1.82) is 0 Å². The molecule has 1 aliphatic rings. The number of nitrogens with zero attached hydrogens (tertiary/aromatic N) is 1. The molecule has 0 aliphatic heterocycles. The van der Waals surface area contributed by atoms with Crippen LogP contribution >= 0.6 is 11.8 Å². The highest BCUT2D eigenvalue weighted by Crippen LogP contribution is 2.27. The Morgan fingerprint density at radius 1 is 1.06 bits per heavy atom. The number of esters is 1. The molecule has 0 bridgehead atoms. The Morgan fingerprint density at radius 2 is 1.77 bits per heavy atom. The number of hydrogen-bond acceptors (Lipinski definition) is 5. The Bertz CT molecular complexity index is 969. The zero-order valence-corrected chi connectivity index (χ0v) is 19.0. The van der Waals surface area contributed by atoms with E-state index < -0.39 is 11.9 Å². The molecule has 31 heavy (non-hydrogen) atoms. The summed E-state index contributed by atoms with van der Waals surface area (Å²) >= 11 is 1.41. The van der Waals surface area contributed by atoms with Crippen molar-refractivity contribution in [3.63, 3.8) is 0 Å². The van der Waals surface area contributed by atoms with E-state index in [0.717, 1.165) is 34.6 Å². The number of para-hydroxylation sites is 1. The molecular formula is C24H28N2O4S. The molecule has 2 aromatic rings. The van der Waals surface area contributed by atoms with E-state index in [1.165, 1.54) is 41.3 Å². The fraction of sp³-hybridized carbons (Fsp3) is 0.375. The van der Waals surface area contributed by atoms with Crippen LogP contribution in [0.25, 0.3) is 0 Å². The molecule has 3 rings (SSSR count). The van der Waals surface area contributed by atoms with Crippen LogP contribution in [0.4, 0.5) is 5.69 Å². The van der Waals surface area contributed by atoms with Gasteiger partial charge in [-0.25, -0.2) is 0 Å². The van der Waals surface area contributed by atoms with E-state index in [-0.39, 0.29) is 24.8 Å².